The lowest BCUT2D eigenvalue weighted by Gasteiger charge is -2.34. The molecule has 144 valence electrons. The van der Waals surface area contributed by atoms with E-state index in [-0.39, 0.29) is 35.8 Å². The molecule has 0 aliphatic carbocycles. The van der Waals surface area contributed by atoms with Crippen molar-refractivity contribution in [2.75, 3.05) is 39.3 Å². The number of rotatable bonds is 6. The molecule has 0 atom stereocenters. The largest absolute Gasteiger partial charge is 0.378 e. The van der Waals surface area contributed by atoms with Crippen LogP contribution in [0.25, 0.3) is 0 Å². The van der Waals surface area contributed by atoms with E-state index in [1.165, 1.54) is 4.90 Å². The van der Waals surface area contributed by atoms with Gasteiger partial charge in [-0.15, -0.1) is 24.0 Å². The number of imide groups is 1. The minimum atomic E-state index is -0.0658. The topological polar surface area (TPSA) is 74.2 Å². The Morgan fingerprint density at radius 1 is 1.20 bits per heavy atom. The Bertz CT molecular complexity index is 449. The predicted octanol–water partition coefficient (Wildman–Crippen LogP) is 1.61. The van der Waals surface area contributed by atoms with Gasteiger partial charge in [0, 0.05) is 45.6 Å². The number of carbonyl (C=O) groups is 2. The second-order valence-electron chi connectivity index (χ2n) is 6.17. The van der Waals surface area contributed by atoms with Gasteiger partial charge in [-0.25, -0.2) is 0 Å². The third kappa shape index (κ3) is 6.73. The lowest BCUT2D eigenvalue weighted by atomic mass is 10.1. The maximum Gasteiger partial charge on any atom is 0.229 e. The summed E-state index contributed by atoms with van der Waals surface area (Å²) < 4.78 is 5.69. The summed E-state index contributed by atoms with van der Waals surface area (Å²) in [6.07, 6.45) is 3.97. The molecule has 0 unspecified atom stereocenters. The fourth-order valence-electron chi connectivity index (χ4n) is 3.20. The number of nitrogens with zero attached hydrogens (tertiary/aromatic N) is 3. The second kappa shape index (κ2) is 11.7. The van der Waals surface area contributed by atoms with Gasteiger partial charge in [0.2, 0.25) is 11.8 Å². The zero-order valence-electron chi connectivity index (χ0n) is 15.3. The summed E-state index contributed by atoms with van der Waals surface area (Å²) in [4.78, 5) is 31.9. The Morgan fingerprint density at radius 2 is 1.84 bits per heavy atom. The summed E-state index contributed by atoms with van der Waals surface area (Å²) >= 11 is 0. The molecule has 2 aliphatic heterocycles. The molecule has 7 nitrogen and oxygen atoms in total. The highest BCUT2D eigenvalue weighted by Crippen LogP contribution is 2.14. The summed E-state index contributed by atoms with van der Waals surface area (Å²) in [7, 11) is 0. The van der Waals surface area contributed by atoms with Gasteiger partial charge in [0.15, 0.2) is 5.96 Å². The number of aliphatic imine (C=N–C) groups is 1. The van der Waals surface area contributed by atoms with Crippen LogP contribution in [0.4, 0.5) is 0 Å². The van der Waals surface area contributed by atoms with E-state index >= 15 is 0 Å². The number of guanidine groups is 1. The van der Waals surface area contributed by atoms with E-state index in [1.54, 1.807) is 0 Å². The van der Waals surface area contributed by atoms with Crippen LogP contribution in [0, 0.1) is 0 Å². The SMILES string of the molecule is CCNC(=NCCN1C(=O)CCCC1=O)N1CCC(OCC)CC1.I. The van der Waals surface area contributed by atoms with E-state index in [9.17, 15) is 9.59 Å². The maximum atomic E-state index is 11.8. The minimum absolute atomic E-state index is 0. The molecule has 2 fully saturated rings. The van der Waals surface area contributed by atoms with Crippen molar-refractivity contribution < 1.29 is 14.3 Å². The van der Waals surface area contributed by atoms with Crippen molar-refractivity contribution in [3.63, 3.8) is 0 Å². The first-order valence-electron chi connectivity index (χ1n) is 9.13. The third-order valence-corrected chi connectivity index (χ3v) is 4.45. The Hall–Kier alpha value is -0.900. The highest BCUT2D eigenvalue weighted by Gasteiger charge is 2.25. The fraction of sp³-hybridized carbons (Fsp3) is 0.824. The Kier molecular flexibility index (Phi) is 10.3. The van der Waals surface area contributed by atoms with Crippen LogP contribution in [0.2, 0.25) is 0 Å². The molecule has 2 aliphatic rings. The number of ether oxygens (including phenoxy) is 1. The van der Waals surface area contributed by atoms with E-state index in [4.69, 9.17) is 4.74 Å². The van der Waals surface area contributed by atoms with Crippen molar-refractivity contribution in [1.82, 2.24) is 15.1 Å². The summed E-state index contributed by atoms with van der Waals surface area (Å²) in [6.45, 7) is 8.28. The molecule has 2 amide bonds. The molecule has 2 heterocycles. The van der Waals surface area contributed by atoms with Crippen molar-refractivity contribution in [3.05, 3.63) is 0 Å². The number of nitrogens with one attached hydrogen (secondary N) is 1. The summed E-state index contributed by atoms with van der Waals surface area (Å²) in [6, 6.07) is 0. The molecule has 1 N–H and O–H groups in total. The average molecular weight is 466 g/mol. The predicted molar refractivity (Wildman–Crippen MR) is 108 cm³/mol. The van der Waals surface area contributed by atoms with Crippen LogP contribution in [-0.4, -0.2) is 73.0 Å². The van der Waals surface area contributed by atoms with Crippen LogP contribution in [0.1, 0.15) is 46.0 Å². The smallest absolute Gasteiger partial charge is 0.229 e. The second-order valence-corrected chi connectivity index (χ2v) is 6.17. The molecule has 8 heteroatoms. The van der Waals surface area contributed by atoms with Gasteiger partial charge in [0.05, 0.1) is 12.6 Å². The van der Waals surface area contributed by atoms with Crippen molar-refractivity contribution in [3.8, 4) is 0 Å². The summed E-state index contributed by atoms with van der Waals surface area (Å²) in [5.41, 5.74) is 0. The molecule has 0 aromatic rings. The monoisotopic (exact) mass is 466 g/mol. The first-order chi connectivity index (χ1) is 11.7. The molecular formula is C17H31IN4O3. The number of carbonyl (C=O) groups excluding carboxylic acids is 2. The fourth-order valence-corrected chi connectivity index (χ4v) is 3.20. The zero-order valence-corrected chi connectivity index (χ0v) is 17.7. The van der Waals surface area contributed by atoms with Crippen LogP contribution in [0.3, 0.4) is 0 Å². The van der Waals surface area contributed by atoms with E-state index in [1.807, 2.05) is 13.8 Å². The molecule has 0 spiro atoms. The molecular weight excluding hydrogens is 435 g/mol. The molecule has 2 saturated heterocycles. The van der Waals surface area contributed by atoms with Gasteiger partial charge in [-0.1, -0.05) is 0 Å². The zero-order chi connectivity index (χ0) is 17.4. The molecule has 2 rings (SSSR count). The number of likely N-dealkylation sites (tertiary alicyclic amines) is 2. The molecule has 25 heavy (non-hydrogen) atoms. The van der Waals surface area contributed by atoms with Gasteiger partial charge in [-0.2, -0.15) is 0 Å². The van der Waals surface area contributed by atoms with E-state index < -0.39 is 0 Å². The number of hydrogen-bond acceptors (Lipinski definition) is 4. The highest BCUT2D eigenvalue weighted by atomic mass is 127. The molecule has 0 saturated carbocycles. The average Bonchev–Trinajstić information content (AvgIpc) is 2.58. The van der Waals surface area contributed by atoms with E-state index in [0.29, 0.717) is 38.5 Å². The Morgan fingerprint density at radius 3 is 2.40 bits per heavy atom. The van der Waals surface area contributed by atoms with Crippen LogP contribution in [-0.2, 0) is 14.3 Å². The van der Waals surface area contributed by atoms with Crippen LogP contribution in [0.5, 0.6) is 0 Å². The highest BCUT2D eigenvalue weighted by molar-refractivity contribution is 14.0. The molecule has 0 aromatic heterocycles. The van der Waals surface area contributed by atoms with Gasteiger partial charge >= 0.3 is 0 Å². The van der Waals surface area contributed by atoms with Crippen LogP contribution in [0.15, 0.2) is 4.99 Å². The van der Waals surface area contributed by atoms with E-state index in [2.05, 4.69) is 15.2 Å². The van der Waals surface area contributed by atoms with Gasteiger partial charge in [0.1, 0.15) is 0 Å². The number of halogens is 1. The number of hydrogen-bond donors (Lipinski definition) is 1. The molecule has 0 aromatic carbocycles. The van der Waals surface area contributed by atoms with Crippen LogP contribution < -0.4 is 5.32 Å². The Balaban J connectivity index is 0.00000312. The summed E-state index contributed by atoms with van der Waals surface area (Å²) in [5.74, 6) is 0.734. The van der Waals surface area contributed by atoms with Crippen molar-refractivity contribution in [1.29, 1.82) is 0 Å². The molecule has 0 radical (unpaired) electrons. The third-order valence-electron chi connectivity index (χ3n) is 4.45. The first kappa shape index (κ1) is 22.1. The maximum absolute atomic E-state index is 11.8. The van der Waals surface area contributed by atoms with Gasteiger partial charge < -0.3 is 15.0 Å². The standard InChI is InChI=1S/C17H30N4O3.HI/c1-3-18-17(20-11-8-14(9-12-20)24-4-2)19-10-13-21-15(22)6-5-7-16(21)23;/h14H,3-13H2,1-2H3,(H,18,19);1H. The molecule has 0 bridgehead atoms. The van der Waals surface area contributed by atoms with Gasteiger partial charge in [0.25, 0.3) is 0 Å². The first-order valence-corrected chi connectivity index (χ1v) is 9.13. The van der Waals surface area contributed by atoms with Crippen molar-refractivity contribution >= 4 is 41.8 Å². The number of piperidine rings is 2. The lowest BCUT2D eigenvalue weighted by Crippen LogP contribution is -2.47. The normalized spacial score (nSPS) is 19.8. The van der Waals surface area contributed by atoms with Crippen molar-refractivity contribution in [2.45, 2.75) is 52.1 Å². The van der Waals surface area contributed by atoms with Crippen LogP contribution >= 0.6 is 24.0 Å². The van der Waals surface area contributed by atoms with Gasteiger partial charge in [-0.05, 0) is 33.1 Å². The Labute approximate surface area is 167 Å². The minimum Gasteiger partial charge on any atom is -0.378 e. The van der Waals surface area contributed by atoms with Gasteiger partial charge in [-0.3, -0.25) is 19.5 Å². The van der Waals surface area contributed by atoms with E-state index in [0.717, 1.165) is 45.0 Å². The quantitative estimate of drug-likeness (QED) is 0.279. The number of amides is 2. The lowest BCUT2D eigenvalue weighted by molar-refractivity contribution is -0.147. The summed E-state index contributed by atoms with van der Waals surface area (Å²) in [5, 5.41) is 3.31. The van der Waals surface area contributed by atoms with Crippen molar-refractivity contribution in [2.24, 2.45) is 4.99 Å².